The second kappa shape index (κ2) is 8.07. The third-order valence-corrected chi connectivity index (χ3v) is 4.74. The van der Waals surface area contributed by atoms with E-state index in [2.05, 4.69) is 26.4 Å². The van der Waals surface area contributed by atoms with Crippen molar-refractivity contribution >= 4 is 27.6 Å². The molecule has 1 fully saturated rings. The van der Waals surface area contributed by atoms with E-state index in [1.54, 1.807) is 18.5 Å². The monoisotopic (exact) mass is 450 g/mol. The number of ether oxygens (including phenoxy) is 2. The molecule has 1 radical (unpaired) electrons. The molecule has 2 N–H and O–H groups in total. The summed E-state index contributed by atoms with van der Waals surface area (Å²) in [5.41, 5.74) is 7.38. The quantitative estimate of drug-likeness (QED) is 0.478. The first-order chi connectivity index (χ1) is 13.3. The van der Waals surface area contributed by atoms with Crippen LogP contribution in [0.25, 0.3) is 21.8 Å². The van der Waals surface area contributed by atoms with Crippen molar-refractivity contribution in [1.29, 1.82) is 0 Å². The summed E-state index contributed by atoms with van der Waals surface area (Å²) < 4.78 is 13.9. The first-order valence-corrected chi connectivity index (χ1v) is 8.85. The van der Waals surface area contributed by atoms with E-state index in [1.165, 1.54) is 0 Å². The number of benzene rings is 1. The molecule has 0 amide bonds. The number of nitrogens with two attached hydrogens (primary N) is 1. The van der Waals surface area contributed by atoms with E-state index >= 15 is 0 Å². The van der Waals surface area contributed by atoms with E-state index in [0.29, 0.717) is 28.4 Å². The molecule has 1 aromatic carbocycles. The molecule has 4 heterocycles. The summed E-state index contributed by atoms with van der Waals surface area (Å²) in [7, 11) is 0. The van der Waals surface area contributed by atoms with E-state index in [-0.39, 0.29) is 38.9 Å². The second-order valence-electron chi connectivity index (χ2n) is 6.42. The molecule has 0 bridgehead atoms. The van der Waals surface area contributed by atoms with Crippen LogP contribution in [-0.4, -0.2) is 31.3 Å². The first kappa shape index (κ1) is 19.2. The van der Waals surface area contributed by atoms with Gasteiger partial charge < -0.3 is 25.2 Å². The summed E-state index contributed by atoms with van der Waals surface area (Å²) in [6, 6.07) is 7.58. The Morgan fingerprint density at radius 1 is 1.18 bits per heavy atom. The number of anilines is 1. The predicted octanol–water partition coefficient (Wildman–Crippen LogP) is 3.25. The molecule has 9 heteroatoms. The van der Waals surface area contributed by atoms with Gasteiger partial charge in [0, 0.05) is 63.2 Å². The molecule has 4 aromatic rings. The van der Waals surface area contributed by atoms with Gasteiger partial charge in [0.05, 0.1) is 17.1 Å². The van der Waals surface area contributed by atoms with Gasteiger partial charge in [-0.05, 0) is 31.4 Å². The summed E-state index contributed by atoms with van der Waals surface area (Å²) in [6.45, 7) is 0.764. The topological polar surface area (TPSA) is 101 Å². The maximum atomic E-state index is 6.09. The second-order valence-corrected chi connectivity index (χ2v) is 6.42. The Morgan fingerprint density at radius 2 is 2.11 bits per heavy atom. The number of pyridine rings is 1. The molecule has 28 heavy (non-hydrogen) atoms. The molecule has 1 unspecified atom stereocenters. The molecule has 1 saturated heterocycles. The van der Waals surface area contributed by atoms with Crippen LogP contribution in [0.15, 0.2) is 36.7 Å². The fourth-order valence-corrected chi connectivity index (χ4v) is 3.40. The minimum Gasteiger partial charge on any atom is -0.448 e. The minimum atomic E-state index is -0.0377. The molecule has 0 spiro atoms. The van der Waals surface area contributed by atoms with Crippen LogP contribution in [0.5, 0.6) is 11.6 Å². The zero-order valence-corrected chi connectivity index (χ0v) is 17.9. The van der Waals surface area contributed by atoms with Crippen molar-refractivity contribution in [1.82, 2.24) is 24.7 Å². The van der Waals surface area contributed by atoms with Crippen molar-refractivity contribution in [3.8, 4) is 11.6 Å². The van der Waals surface area contributed by atoms with Crippen LogP contribution < -0.4 is 10.5 Å². The van der Waals surface area contributed by atoms with Crippen molar-refractivity contribution in [3.05, 3.63) is 43.0 Å². The van der Waals surface area contributed by atoms with Crippen LogP contribution in [0.4, 0.5) is 5.82 Å². The van der Waals surface area contributed by atoms with Crippen molar-refractivity contribution in [2.24, 2.45) is 0 Å². The maximum absolute atomic E-state index is 6.09. The third kappa shape index (κ3) is 3.36. The molecule has 1 atom stereocenters. The van der Waals surface area contributed by atoms with Gasteiger partial charge in [-0.15, -0.1) is 0 Å². The first-order valence-electron chi connectivity index (χ1n) is 8.85. The van der Waals surface area contributed by atoms with Crippen LogP contribution in [0.3, 0.4) is 0 Å². The van der Waals surface area contributed by atoms with Gasteiger partial charge in [0.25, 0.3) is 0 Å². The maximum Gasteiger partial charge on any atom is 0.187 e. The smallest absolute Gasteiger partial charge is 0.187 e. The zero-order chi connectivity index (χ0) is 18.2. The van der Waals surface area contributed by atoms with Gasteiger partial charge in [0.1, 0.15) is 5.75 Å². The Balaban J connectivity index is 0.00000192. The van der Waals surface area contributed by atoms with Crippen LogP contribution >= 0.6 is 0 Å². The summed E-state index contributed by atoms with van der Waals surface area (Å²) in [4.78, 5) is 12.4. The summed E-state index contributed by atoms with van der Waals surface area (Å²) in [5, 5.41) is 6.10. The third-order valence-electron chi connectivity index (χ3n) is 4.74. The molecular formula is C19H17N6O2Y-. The molecular weight excluding hydrogens is 433 g/mol. The molecule has 3 aromatic heterocycles. The summed E-state index contributed by atoms with van der Waals surface area (Å²) in [6.07, 6.45) is 9.11. The van der Waals surface area contributed by atoms with Gasteiger partial charge in [0.2, 0.25) is 0 Å². The van der Waals surface area contributed by atoms with Gasteiger partial charge in [-0.25, -0.2) is 9.67 Å². The van der Waals surface area contributed by atoms with Crippen LogP contribution in [0.1, 0.15) is 25.5 Å². The molecule has 139 valence electrons. The zero-order valence-electron chi connectivity index (χ0n) is 15.1. The molecule has 0 aliphatic carbocycles. The van der Waals surface area contributed by atoms with E-state index in [0.717, 1.165) is 36.8 Å². The van der Waals surface area contributed by atoms with E-state index in [4.69, 9.17) is 15.2 Å². The van der Waals surface area contributed by atoms with E-state index in [1.807, 2.05) is 22.9 Å². The number of fused-ring (bicyclic) bond motifs is 2. The Labute approximate surface area is 186 Å². The van der Waals surface area contributed by atoms with E-state index in [9.17, 15) is 0 Å². The largest absolute Gasteiger partial charge is 0.448 e. The summed E-state index contributed by atoms with van der Waals surface area (Å²) in [5.74, 6) is 1.34. The van der Waals surface area contributed by atoms with Gasteiger partial charge in [0.15, 0.2) is 12.1 Å². The van der Waals surface area contributed by atoms with Crippen LogP contribution in [0, 0.1) is 6.33 Å². The Morgan fingerprint density at radius 3 is 2.96 bits per heavy atom. The number of rotatable bonds is 3. The minimum absolute atomic E-state index is 0. The number of hydrogen-bond donors (Lipinski definition) is 1. The van der Waals surface area contributed by atoms with Crippen molar-refractivity contribution < 1.29 is 42.2 Å². The Hall–Kier alpha value is -2.16. The van der Waals surface area contributed by atoms with Gasteiger partial charge in [-0.2, -0.15) is 5.10 Å². The molecule has 1 aliphatic heterocycles. The average molecular weight is 450 g/mol. The van der Waals surface area contributed by atoms with Crippen LogP contribution in [-0.2, 0) is 37.4 Å². The molecule has 0 saturated carbocycles. The van der Waals surface area contributed by atoms with E-state index < -0.39 is 0 Å². The van der Waals surface area contributed by atoms with Gasteiger partial charge >= 0.3 is 0 Å². The van der Waals surface area contributed by atoms with Gasteiger partial charge in [-0.3, -0.25) is 0 Å². The van der Waals surface area contributed by atoms with Crippen LogP contribution in [0.2, 0.25) is 0 Å². The number of aromatic nitrogens is 5. The Bertz CT molecular complexity index is 1130. The SMILES string of the molecule is Nc1n[c-]nc2c(Oc3cccc4c3cnn4C3CCCCO3)nccc12.[Y]. The Kier molecular flexibility index (Phi) is 5.52. The average Bonchev–Trinajstić information content (AvgIpc) is 3.15. The fraction of sp³-hybridized carbons (Fsp3) is 0.263. The van der Waals surface area contributed by atoms with Gasteiger partial charge in [-0.1, -0.05) is 17.5 Å². The number of nitrogen functional groups attached to an aromatic ring is 1. The standard InChI is InChI=1S/C19H17N6O2.Y/c20-18-12-7-8-21-19(17(12)22-11-23-18)27-15-5-3-4-14-13(15)10-24-25(14)16-6-1-2-9-26-16;/h3-5,7-8,10,16H,1-2,6,9H2,(H2,20,22,23);/q-1;. The molecule has 8 nitrogen and oxygen atoms in total. The normalized spacial score (nSPS) is 16.8. The van der Waals surface area contributed by atoms with Crippen molar-refractivity contribution in [3.63, 3.8) is 0 Å². The summed E-state index contributed by atoms with van der Waals surface area (Å²) >= 11 is 0. The molecule has 5 rings (SSSR count). The fourth-order valence-electron chi connectivity index (χ4n) is 3.40. The van der Waals surface area contributed by atoms with Crippen molar-refractivity contribution in [2.45, 2.75) is 25.5 Å². The predicted molar refractivity (Wildman–Crippen MR) is 99.2 cm³/mol. The van der Waals surface area contributed by atoms with Crippen molar-refractivity contribution in [2.75, 3.05) is 12.3 Å². The number of hydrogen-bond acceptors (Lipinski definition) is 7. The molecule has 1 aliphatic rings. The number of nitrogens with zero attached hydrogens (tertiary/aromatic N) is 5.